The van der Waals surface area contributed by atoms with E-state index in [1.165, 1.54) is 22.7 Å². The van der Waals surface area contributed by atoms with Crippen molar-refractivity contribution in [3.05, 3.63) is 16.1 Å². The number of aromatic nitrogens is 1. The molecule has 1 saturated carbocycles. The summed E-state index contributed by atoms with van der Waals surface area (Å²) in [5, 5.41) is 4.75. The molecule has 3 heteroatoms. The minimum Gasteiger partial charge on any atom is -0.309 e. The highest BCUT2D eigenvalue weighted by molar-refractivity contribution is 7.11. The van der Waals surface area contributed by atoms with Crippen molar-refractivity contribution in [2.24, 2.45) is 0 Å². The molecule has 0 aliphatic heterocycles. The molecule has 1 aliphatic carbocycles. The quantitative estimate of drug-likeness (QED) is 0.829. The van der Waals surface area contributed by atoms with Crippen molar-refractivity contribution in [3.8, 4) is 0 Å². The molecule has 0 amide bonds. The van der Waals surface area contributed by atoms with E-state index < -0.39 is 0 Å². The van der Waals surface area contributed by atoms with Gasteiger partial charge in [0.2, 0.25) is 0 Å². The van der Waals surface area contributed by atoms with Crippen LogP contribution >= 0.6 is 11.3 Å². The van der Waals surface area contributed by atoms with Gasteiger partial charge in [0.05, 0.1) is 5.01 Å². The van der Waals surface area contributed by atoms with Crippen molar-refractivity contribution in [2.75, 3.05) is 0 Å². The van der Waals surface area contributed by atoms with Crippen LogP contribution in [0.1, 0.15) is 43.5 Å². The maximum Gasteiger partial charge on any atom is 0.0981 e. The van der Waals surface area contributed by atoms with Gasteiger partial charge in [-0.3, -0.25) is 0 Å². The van der Waals surface area contributed by atoms with E-state index in [4.69, 9.17) is 0 Å². The van der Waals surface area contributed by atoms with Gasteiger partial charge >= 0.3 is 0 Å². The summed E-state index contributed by atoms with van der Waals surface area (Å²) in [4.78, 5) is 5.83. The molecule has 1 aliphatic rings. The van der Waals surface area contributed by atoms with Crippen LogP contribution in [0.3, 0.4) is 0 Å². The Morgan fingerprint density at radius 2 is 2.21 bits per heavy atom. The fraction of sp³-hybridized carbons (Fsp3) is 0.727. The Kier molecular flexibility index (Phi) is 2.62. The molecule has 0 atom stereocenters. The summed E-state index contributed by atoms with van der Waals surface area (Å²) in [5.41, 5.74) is 0.197. The summed E-state index contributed by atoms with van der Waals surface area (Å²) in [7, 11) is 0. The van der Waals surface area contributed by atoms with E-state index in [1.807, 2.05) is 17.5 Å². The zero-order valence-electron chi connectivity index (χ0n) is 9.13. The molecule has 1 aromatic heterocycles. The molecule has 0 unspecified atom stereocenters. The monoisotopic (exact) mass is 210 g/mol. The second kappa shape index (κ2) is 3.63. The second-order valence-electron chi connectivity index (χ2n) is 5.04. The van der Waals surface area contributed by atoms with E-state index in [-0.39, 0.29) is 5.41 Å². The summed E-state index contributed by atoms with van der Waals surface area (Å²) in [5.74, 6) is 0. The second-order valence-corrected chi connectivity index (χ2v) is 6.15. The van der Waals surface area contributed by atoms with Crippen molar-refractivity contribution >= 4 is 11.3 Å². The fourth-order valence-electron chi connectivity index (χ4n) is 1.27. The Labute approximate surface area is 89.8 Å². The molecule has 0 spiro atoms. The molecule has 1 fully saturated rings. The summed E-state index contributed by atoms with van der Waals surface area (Å²) in [6.45, 7) is 7.64. The van der Waals surface area contributed by atoms with Crippen LogP contribution in [-0.2, 0) is 12.0 Å². The molecular formula is C11H18N2S. The molecule has 0 aromatic carbocycles. The maximum absolute atomic E-state index is 4.46. The van der Waals surface area contributed by atoms with Gasteiger partial charge < -0.3 is 5.32 Å². The molecule has 14 heavy (non-hydrogen) atoms. The summed E-state index contributed by atoms with van der Waals surface area (Å²) < 4.78 is 0. The molecule has 0 radical (unpaired) electrons. The maximum atomic E-state index is 4.46. The van der Waals surface area contributed by atoms with Gasteiger partial charge in [-0.25, -0.2) is 4.98 Å². The highest BCUT2D eigenvalue weighted by Gasteiger charge is 2.21. The molecule has 1 N–H and O–H groups in total. The van der Waals surface area contributed by atoms with Crippen molar-refractivity contribution in [1.29, 1.82) is 0 Å². The molecule has 2 rings (SSSR count). The van der Waals surface area contributed by atoms with Crippen molar-refractivity contribution < 1.29 is 0 Å². The Hall–Kier alpha value is -0.410. The van der Waals surface area contributed by atoms with E-state index in [1.54, 1.807) is 0 Å². The van der Waals surface area contributed by atoms with E-state index in [0.717, 1.165) is 12.6 Å². The van der Waals surface area contributed by atoms with Crippen LogP contribution in [0.2, 0.25) is 0 Å². The third kappa shape index (κ3) is 2.55. The largest absolute Gasteiger partial charge is 0.309 e. The van der Waals surface area contributed by atoms with Gasteiger partial charge in [0.15, 0.2) is 0 Å². The molecule has 0 bridgehead atoms. The Morgan fingerprint density at radius 1 is 1.50 bits per heavy atom. The van der Waals surface area contributed by atoms with Crippen LogP contribution in [0, 0.1) is 0 Å². The number of hydrogen-bond acceptors (Lipinski definition) is 3. The van der Waals surface area contributed by atoms with Gasteiger partial charge in [-0.1, -0.05) is 20.8 Å². The van der Waals surface area contributed by atoms with Crippen LogP contribution < -0.4 is 5.32 Å². The molecule has 0 saturated heterocycles. The number of nitrogens with zero attached hydrogens (tertiary/aromatic N) is 1. The predicted molar refractivity (Wildman–Crippen MR) is 60.7 cm³/mol. The topological polar surface area (TPSA) is 24.9 Å². The highest BCUT2D eigenvalue weighted by Crippen LogP contribution is 2.27. The summed E-state index contributed by atoms with van der Waals surface area (Å²) >= 11 is 1.84. The lowest BCUT2D eigenvalue weighted by Gasteiger charge is -2.13. The van der Waals surface area contributed by atoms with Gasteiger partial charge in [0.25, 0.3) is 0 Å². The first-order chi connectivity index (χ1) is 6.55. The van der Waals surface area contributed by atoms with Gasteiger partial charge in [-0.05, 0) is 12.8 Å². The van der Waals surface area contributed by atoms with E-state index in [9.17, 15) is 0 Å². The van der Waals surface area contributed by atoms with Gasteiger partial charge in [-0.15, -0.1) is 11.3 Å². The predicted octanol–water partition coefficient (Wildman–Crippen LogP) is 2.69. The minimum absolute atomic E-state index is 0.197. The number of rotatable bonds is 3. The lowest BCUT2D eigenvalue weighted by atomic mass is 9.98. The minimum atomic E-state index is 0.197. The third-order valence-corrected chi connectivity index (χ3v) is 3.76. The smallest absolute Gasteiger partial charge is 0.0981 e. The Bertz CT molecular complexity index is 307. The highest BCUT2D eigenvalue weighted by atomic mass is 32.1. The first-order valence-corrected chi connectivity index (χ1v) is 6.06. The van der Waals surface area contributed by atoms with Gasteiger partial charge in [0, 0.05) is 29.1 Å². The number of hydrogen-bond donors (Lipinski definition) is 1. The van der Waals surface area contributed by atoms with E-state index in [0.29, 0.717) is 0 Å². The zero-order chi connectivity index (χ0) is 10.2. The van der Waals surface area contributed by atoms with Gasteiger partial charge in [0.1, 0.15) is 0 Å². The lowest BCUT2D eigenvalue weighted by molar-refractivity contribution is 0.585. The molecule has 1 aromatic rings. The Morgan fingerprint density at radius 3 is 2.71 bits per heavy atom. The molecular weight excluding hydrogens is 192 g/mol. The van der Waals surface area contributed by atoms with Crippen LogP contribution in [0.15, 0.2) is 6.20 Å². The van der Waals surface area contributed by atoms with Crippen LogP contribution in [0.4, 0.5) is 0 Å². The Balaban J connectivity index is 1.94. The van der Waals surface area contributed by atoms with Crippen LogP contribution in [0.25, 0.3) is 0 Å². The average molecular weight is 210 g/mol. The third-order valence-electron chi connectivity index (χ3n) is 2.34. The van der Waals surface area contributed by atoms with Crippen LogP contribution in [-0.4, -0.2) is 11.0 Å². The first kappa shape index (κ1) is 10.1. The fourth-order valence-corrected chi connectivity index (χ4v) is 2.19. The summed E-state index contributed by atoms with van der Waals surface area (Å²) in [6.07, 6.45) is 4.72. The van der Waals surface area contributed by atoms with Crippen LogP contribution in [0.5, 0.6) is 0 Å². The molecule has 2 nitrogen and oxygen atoms in total. The summed E-state index contributed by atoms with van der Waals surface area (Å²) in [6, 6.07) is 0.787. The standard InChI is InChI=1S/C11H18N2S/c1-11(2,3)10-13-7-9(14-10)6-12-8-4-5-8/h7-8,12H,4-6H2,1-3H3. The molecule has 1 heterocycles. The zero-order valence-corrected chi connectivity index (χ0v) is 9.95. The van der Waals surface area contributed by atoms with Crippen molar-refractivity contribution in [2.45, 2.75) is 51.6 Å². The van der Waals surface area contributed by atoms with Crippen molar-refractivity contribution in [3.63, 3.8) is 0 Å². The number of nitrogens with one attached hydrogen (secondary N) is 1. The van der Waals surface area contributed by atoms with Gasteiger partial charge in [-0.2, -0.15) is 0 Å². The van der Waals surface area contributed by atoms with Crippen molar-refractivity contribution in [1.82, 2.24) is 10.3 Å². The average Bonchev–Trinajstić information content (AvgIpc) is 2.77. The number of thiazole rings is 1. The molecule has 78 valence electrons. The normalized spacial score (nSPS) is 17.4. The first-order valence-electron chi connectivity index (χ1n) is 5.24. The van der Waals surface area contributed by atoms with E-state index >= 15 is 0 Å². The SMILES string of the molecule is CC(C)(C)c1ncc(CNC2CC2)s1. The van der Waals surface area contributed by atoms with E-state index in [2.05, 4.69) is 31.1 Å². The lowest BCUT2D eigenvalue weighted by Crippen LogP contribution is -2.14.